The van der Waals surface area contributed by atoms with Crippen LogP contribution < -0.4 is 0 Å². The number of carbonyl (C=O) groups is 1. The van der Waals surface area contributed by atoms with E-state index in [-0.39, 0.29) is 17.6 Å². The van der Waals surface area contributed by atoms with Gasteiger partial charge in [-0.15, -0.1) is 0 Å². The van der Waals surface area contributed by atoms with Crippen molar-refractivity contribution in [3.8, 4) is 0 Å². The summed E-state index contributed by atoms with van der Waals surface area (Å²) >= 11 is 0. The number of ether oxygens (including phenoxy) is 2. The lowest BCUT2D eigenvalue weighted by atomic mass is 9.81. The number of hydrogen-bond acceptors (Lipinski definition) is 4. The van der Waals surface area contributed by atoms with Crippen LogP contribution in [0, 0.1) is 5.92 Å². The lowest BCUT2D eigenvalue weighted by Gasteiger charge is -2.34. The van der Waals surface area contributed by atoms with Crippen LogP contribution in [0.15, 0.2) is 11.8 Å². The zero-order valence-electron chi connectivity index (χ0n) is 12.3. The van der Waals surface area contributed by atoms with Crippen molar-refractivity contribution in [1.82, 2.24) is 0 Å². The highest BCUT2D eigenvalue weighted by Crippen LogP contribution is 2.35. The fourth-order valence-corrected chi connectivity index (χ4v) is 2.41. The molecular formula is C15H26O4. The maximum atomic E-state index is 11.7. The maximum Gasteiger partial charge on any atom is 0.306 e. The standard InChI is InChI=1S/C15H26O4/c1-4-5-6-9-19-14(17)10-12-7-8-13(16)15(2,11-12)18-3/h8,12,16H,4-7,9-11H2,1-3H3/t12?,15-/m1/s1. The van der Waals surface area contributed by atoms with Gasteiger partial charge < -0.3 is 14.6 Å². The number of aliphatic hydroxyl groups is 1. The van der Waals surface area contributed by atoms with Crippen molar-refractivity contribution in [2.45, 2.75) is 58.0 Å². The average Bonchev–Trinajstić information content (AvgIpc) is 2.39. The first-order valence-electron chi connectivity index (χ1n) is 7.12. The summed E-state index contributed by atoms with van der Waals surface area (Å²) in [6, 6.07) is 0. The van der Waals surface area contributed by atoms with E-state index in [2.05, 4.69) is 6.92 Å². The van der Waals surface area contributed by atoms with Gasteiger partial charge in [-0.3, -0.25) is 4.79 Å². The van der Waals surface area contributed by atoms with E-state index in [1.807, 2.05) is 6.92 Å². The minimum absolute atomic E-state index is 0.144. The summed E-state index contributed by atoms with van der Waals surface area (Å²) in [6.45, 7) is 4.48. The average molecular weight is 270 g/mol. The lowest BCUT2D eigenvalue weighted by Crippen LogP contribution is -2.36. The van der Waals surface area contributed by atoms with Crippen LogP contribution in [-0.2, 0) is 14.3 Å². The molecule has 1 rings (SSSR count). The van der Waals surface area contributed by atoms with Crippen molar-refractivity contribution < 1.29 is 19.4 Å². The molecule has 0 saturated carbocycles. The van der Waals surface area contributed by atoms with Gasteiger partial charge in [-0.05, 0) is 38.2 Å². The molecule has 1 aliphatic rings. The van der Waals surface area contributed by atoms with Crippen molar-refractivity contribution in [3.63, 3.8) is 0 Å². The smallest absolute Gasteiger partial charge is 0.306 e. The Hall–Kier alpha value is -1.03. The van der Waals surface area contributed by atoms with Crippen LogP contribution in [0.5, 0.6) is 0 Å². The monoisotopic (exact) mass is 270 g/mol. The van der Waals surface area contributed by atoms with Gasteiger partial charge in [0.1, 0.15) is 11.4 Å². The Morgan fingerprint density at radius 2 is 2.26 bits per heavy atom. The predicted octanol–water partition coefficient (Wildman–Crippen LogP) is 3.37. The summed E-state index contributed by atoms with van der Waals surface area (Å²) in [5, 5.41) is 9.80. The third-order valence-corrected chi connectivity index (χ3v) is 3.78. The summed E-state index contributed by atoms with van der Waals surface area (Å²) in [5.74, 6) is 0.302. The summed E-state index contributed by atoms with van der Waals surface area (Å²) in [4.78, 5) is 11.7. The van der Waals surface area contributed by atoms with Crippen molar-refractivity contribution >= 4 is 5.97 Å². The molecule has 0 saturated heterocycles. The first-order chi connectivity index (χ1) is 9.01. The number of rotatable bonds is 7. The summed E-state index contributed by atoms with van der Waals surface area (Å²) in [5.41, 5.74) is -0.661. The van der Waals surface area contributed by atoms with Gasteiger partial charge >= 0.3 is 5.97 Å². The van der Waals surface area contributed by atoms with E-state index in [4.69, 9.17) is 9.47 Å². The Kier molecular flexibility index (Phi) is 6.35. The molecule has 0 aliphatic heterocycles. The van der Waals surface area contributed by atoms with Crippen molar-refractivity contribution in [3.05, 3.63) is 11.8 Å². The molecule has 4 nitrogen and oxygen atoms in total. The van der Waals surface area contributed by atoms with Crippen LogP contribution in [0.4, 0.5) is 0 Å². The maximum absolute atomic E-state index is 11.7. The number of carbonyl (C=O) groups excluding carboxylic acids is 1. The fourth-order valence-electron chi connectivity index (χ4n) is 2.41. The van der Waals surface area contributed by atoms with Gasteiger partial charge in [0.2, 0.25) is 0 Å². The van der Waals surface area contributed by atoms with Crippen LogP contribution in [0.3, 0.4) is 0 Å². The zero-order valence-corrected chi connectivity index (χ0v) is 12.3. The molecule has 1 aliphatic carbocycles. The van der Waals surface area contributed by atoms with Crippen LogP contribution in [0.1, 0.15) is 52.4 Å². The Bertz CT molecular complexity index is 324. The van der Waals surface area contributed by atoms with Crippen molar-refractivity contribution in [1.29, 1.82) is 0 Å². The number of unbranched alkanes of at least 4 members (excludes halogenated alkanes) is 2. The molecule has 0 amide bonds. The van der Waals surface area contributed by atoms with E-state index in [9.17, 15) is 9.90 Å². The SMILES string of the molecule is CCCCCOC(=O)CC1CC=C(O)[C@](C)(OC)C1. The van der Waals surface area contributed by atoms with E-state index in [1.54, 1.807) is 13.2 Å². The second-order valence-corrected chi connectivity index (χ2v) is 5.46. The van der Waals surface area contributed by atoms with Crippen LogP contribution in [-0.4, -0.2) is 30.4 Å². The van der Waals surface area contributed by atoms with Gasteiger partial charge in [0.15, 0.2) is 0 Å². The van der Waals surface area contributed by atoms with E-state index in [0.29, 0.717) is 25.9 Å². The minimum atomic E-state index is -0.661. The van der Waals surface area contributed by atoms with Gasteiger partial charge in [0.05, 0.1) is 6.61 Å². The molecule has 19 heavy (non-hydrogen) atoms. The van der Waals surface area contributed by atoms with E-state index >= 15 is 0 Å². The Morgan fingerprint density at radius 3 is 2.89 bits per heavy atom. The molecule has 4 heteroatoms. The minimum Gasteiger partial charge on any atom is -0.510 e. The number of methoxy groups -OCH3 is 1. The lowest BCUT2D eigenvalue weighted by molar-refractivity contribution is -0.145. The molecule has 0 aromatic heterocycles. The predicted molar refractivity (Wildman–Crippen MR) is 74.0 cm³/mol. The van der Waals surface area contributed by atoms with E-state index in [1.165, 1.54) is 0 Å². The molecule has 1 unspecified atom stereocenters. The summed E-state index contributed by atoms with van der Waals surface area (Å²) < 4.78 is 10.6. The Morgan fingerprint density at radius 1 is 1.53 bits per heavy atom. The summed E-state index contributed by atoms with van der Waals surface area (Å²) in [6.07, 6.45) is 6.65. The highest BCUT2D eigenvalue weighted by molar-refractivity contribution is 5.69. The van der Waals surface area contributed by atoms with E-state index < -0.39 is 5.60 Å². The molecule has 0 fully saturated rings. The van der Waals surface area contributed by atoms with E-state index in [0.717, 1.165) is 19.3 Å². The third-order valence-electron chi connectivity index (χ3n) is 3.78. The molecular weight excluding hydrogens is 244 g/mol. The first-order valence-corrected chi connectivity index (χ1v) is 7.12. The van der Waals surface area contributed by atoms with Crippen molar-refractivity contribution in [2.75, 3.05) is 13.7 Å². The summed E-state index contributed by atoms with van der Waals surface area (Å²) in [7, 11) is 1.58. The van der Waals surface area contributed by atoms with Gasteiger partial charge in [0.25, 0.3) is 0 Å². The van der Waals surface area contributed by atoms with Gasteiger partial charge in [0, 0.05) is 13.5 Å². The second kappa shape index (κ2) is 7.53. The van der Waals surface area contributed by atoms with Crippen LogP contribution >= 0.6 is 0 Å². The number of aliphatic hydroxyl groups excluding tert-OH is 1. The topological polar surface area (TPSA) is 55.8 Å². The molecule has 0 bridgehead atoms. The fraction of sp³-hybridized carbons (Fsp3) is 0.800. The number of esters is 1. The number of allylic oxidation sites excluding steroid dienone is 1. The molecule has 0 heterocycles. The zero-order chi connectivity index (χ0) is 14.3. The molecule has 0 aromatic rings. The molecule has 0 spiro atoms. The molecule has 1 N–H and O–H groups in total. The van der Waals surface area contributed by atoms with Gasteiger partial charge in [-0.1, -0.05) is 19.8 Å². The van der Waals surface area contributed by atoms with Crippen molar-refractivity contribution in [2.24, 2.45) is 5.92 Å². The molecule has 110 valence electrons. The van der Waals surface area contributed by atoms with Gasteiger partial charge in [-0.2, -0.15) is 0 Å². The first kappa shape index (κ1) is 16.0. The largest absolute Gasteiger partial charge is 0.510 e. The normalized spacial score (nSPS) is 26.9. The molecule has 0 aromatic carbocycles. The highest BCUT2D eigenvalue weighted by atomic mass is 16.5. The van der Waals surface area contributed by atoms with Gasteiger partial charge in [-0.25, -0.2) is 0 Å². The third kappa shape index (κ3) is 4.86. The Labute approximate surface area is 115 Å². The Balaban J connectivity index is 2.36. The van der Waals surface area contributed by atoms with Crippen LogP contribution in [0.25, 0.3) is 0 Å². The quantitative estimate of drug-likeness (QED) is 0.569. The second-order valence-electron chi connectivity index (χ2n) is 5.46. The highest BCUT2D eigenvalue weighted by Gasteiger charge is 2.36. The number of hydrogen-bond donors (Lipinski definition) is 1. The molecule has 2 atom stereocenters. The molecule has 0 radical (unpaired) electrons. The van der Waals surface area contributed by atoms with Crippen LogP contribution in [0.2, 0.25) is 0 Å².